The van der Waals surface area contributed by atoms with Gasteiger partial charge in [-0.3, -0.25) is 0 Å². The molecule has 2 nitrogen and oxygen atoms in total. The highest BCUT2D eigenvalue weighted by Crippen LogP contribution is 2.62. The van der Waals surface area contributed by atoms with E-state index in [9.17, 15) is 0 Å². The first-order valence-electron chi connectivity index (χ1n) is 9.60. The molecule has 2 aliphatic carbocycles. The van der Waals surface area contributed by atoms with Gasteiger partial charge in [0, 0.05) is 16.8 Å². The average molecular weight is 335 g/mol. The fourth-order valence-electron chi connectivity index (χ4n) is 5.87. The van der Waals surface area contributed by atoms with Crippen molar-refractivity contribution in [3.8, 4) is 0 Å². The van der Waals surface area contributed by atoms with E-state index in [4.69, 9.17) is 11.5 Å². The number of hydrogen-bond acceptors (Lipinski definition) is 2. The monoisotopic (exact) mass is 334 g/mol. The third-order valence-electron chi connectivity index (χ3n) is 7.16. The van der Waals surface area contributed by atoms with Crippen molar-refractivity contribution in [1.82, 2.24) is 0 Å². The van der Waals surface area contributed by atoms with Gasteiger partial charge in [0.1, 0.15) is 0 Å². The number of fused-ring (bicyclic) bond motifs is 2. The first-order valence-corrected chi connectivity index (χ1v) is 9.60. The summed E-state index contributed by atoms with van der Waals surface area (Å²) in [5.74, 6) is 1.48. The summed E-state index contributed by atoms with van der Waals surface area (Å²) in [6.45, 7) is 8.59. The van der Waals surface area contributed by atoms with Gasteiger partial charge in [0.05, 0.1) is 0 Å². The second-order valence-corrected chi connectivity index (χ2v) is 8.46. The van der Waals surface area contributed by atoms with Crippen LogP contribution in [0.3, 0.4) is 0 Å². The highest BCUT2D eigenvalue weighted by atomic mass is 14.6. The number of nitrogen functional groups attached to an aromatic ring is 2. The summed E-state index contributed by atoms with van der Waals surface area (Å²) in [6.07, 6.45) is 5.37. The summed E-state index contributed by atoms with van der Waals surface area (Å²) >= 11 is 0. The smallest absolute Gasteiger partial charge is 0.0373 e. The van der Waals surface area contributed by atoms with Gasteiger partial charge in [0.25, 0.3) is 0 Å². The number of anilines is 2. The molecule has 0 heterocycles. The summed E-state index contributed by atoms with van der Waals surface area (Å²) < 4.78 is 0. The fraction of sp³-hybridized carbons (Fsp3) is 0.478. The first-order chi connectivity index (χ1) is 11.9. The highest BCUT2D eigenvalue weighted by Gasteiger charge is 2.56. The third-order valence-corrected chi connectivity index (χ3v) is 7.16. The molecule has 4 N–H and O–H groups in total. The number of hydrogen-bond donors (Lipinski definition) is 2. The maximum atomic E-state index is 6.27. The van der Waals surface area contributed by atoms with Crippen LogP contribution in [0.15, 0.2) is 24.3 Å². The Labute approximate surface area is 151 Å². The first kappa shape index (κ1) is 16.5. The highest BCUT2D eigenvalue weighted by molar-refractivity contribution is 5.61. The molecule has 2 aromatic rings. The lowest BCUT2D eigenvalue weighted by molar-refractivity contribution is 0.389. The van der Waals surface area contributed by atoms with Crippen LogP contribution in [-0.2, 0) is 5.41 Å². The largest absolute Gasteiger partial charge is 0.398 e. The molecular formula is C23H30N2. The van der Waals surface area contributed by atoms with Crippen LogP contribution in [0.25, 0.3) is 0 Å². The van der Waals surface area contributed by atoms with E-state index in [1.54, 1.807) is 0 Å². The van der Waals surface area contributed by atoms with Gasteiger partial charge in [-0.15, -0.1) is 0 Å². The SMILES string of the molecule is Cc1cc(C2(c3cc(C)c(N)c(C)c3)C3CCC2CC3)cc(C)c1N. The Morgan fingerprint density at radius 2 is 0.920 bits per heavy atom. The molecule has 25 heavy (non-hydrogen) atoms. The Kier molecular flexibility index (Phi) is 3.64. The van der Waals surface area contributed by atoms with Crippen LogP contribution in [0, 0.1) is 39.5 Å². The average Bonchev–Trinajstić information content (AvgIpc) is 3.13. The minimum absolute atomic E-state index is 0.145. The minimum Gasteiger partial charge on any atom is -0.398 e. The zero-order valence-corrected chi connectivity index (χ0v) is 15.9. The molecular weight excluding hydrogens is 304 g/mol. The molecule has 2 bridgehead atoms. The summed E-state index contributed by atoms with van der Waals surface area (Å²) in [7, 11) is 0. The Hall–Kier alpha value is -1.96. The van der Waals surface area contributed by atoms with Crippen LogP contribution in [0.4, 0.5) is 11.4 Å². The van der Waals surface area contributed by atoms with Crippen molar-refractivity contribution in [3.05, 3.63) is 57.6 Å². The van der Waals surface area contributed by atoms with Crippen LogP contribution < -0.4 is 11.5 Å². The maximum absolute atomic E-state index is 6.27. The Morgan fingerprint density at radius 1 is 0.640 bits per heavy atom. The maximum Gasteiger partial charge on any atom is 0.0373 e. The predicted octanol–water partition coefficient (Wildman–Crippen LogP) is 5.19. The topological polar surface area (TPSA) is 52.0 Å². The van der Waals surface area contributed by atoms with E-state index in [-0.39, 0.29) is 5.41 Å². The van der Waals surface area contributed by atoms with Crippen molar-refractivity contribution in [2.24, 2.45) is 11.8 Å². The van der Waals surface area contributed by atoms with Crippen molar-refractivity contribution >= 4 is 11.4 Å². The number of rotatable bonds is 2. The summed E-state index contributed by atoms with van der Waals surface area (Å²) in [5, 5.41) is 0. The van der Waals surface area contributed by atoms with Crippen molar-refractivity contribution in [2.75, 3.05) is 11.5 Å². The van der Waals surface area contributed by atoms with Crippen molar-refractivity contribution in [1.29, 1.82) is 0 Å². The molecule has 4 rings (SSSR count). The number of nitrogens with two attached hydrogens (primary N) is 2. The van der Waals surface area contributed by atoms with Gasteiger partial charge in [0.2, 0.25) is 0 Å². The van der Waals surface area contributed by atoms with Gasteiger partial charge in [-0.25, -0.2) is 0 Å². The van der Waals surface area contributed by atoms with Gasteiger partial charge in [-0.1, -0.05) is 24.3 Å². The molecule has 0 aromatic heterocycles. The molecule has 132 valence electrons. The molecule has 0 amide bonds. The molecule has 2 aliphatic rings. The molecule has 2 aromatic carbocycles. The van der Waals surface area contributed by atoms with Crippen LogP contribution >= 0.6 is 0 Å². The second-order valence-electron chi connectivity index (χ2n) is 8.46. The molecule has 2 fully saturated rings. The lowest BCUT2D eigenvalue weighted by atomic mass is 9.65. The molecule has 2 heteroatoms. The van der Waals surface area contributed by atoms with Gasteiger partial charge in [-0.05, 0) is 98.6 Å². The molecule has 2 saturated carbocycles. The van der Waals surface area contributed by atoms with Gasteiger partial charge >= 0.3 is 0 Å². The number of benzene rings is 2. The summed E-state index contributed by atoms with van der Waals surface area (Å²) in [4.78, 5) is 0. The number of aryl methyl sites for hydroxylation is 4. The van der Waals surface area contributed by atoms with Crippen molar-refractivity contribution < 1.29 is 0 Å². The molecule has 0 atom stereocenters. The minimum atomic E-state index is 0.145. The quantitative estimate of drug-likeness (QED) is 0.742. The second kappa shape index (κ2) is 5.52. The van der Waals surface area contributed by atoms with E-state index < -0.39 is 0 Å². The Morgan fingerprint density at radius 3 is 1.20 bits per heavy atom. The normalized spacial score (nSPS) is 24.0. The van der Waals surface area contributed by atoms with E-state index in [0.717, 1.165) is 23.2 Å². The van der Waals surface area contributed by atoms with Gasteiger partial charge in [0.15, 0.2) is 0 Å². The van der Waals surface area contributed by atoms with E-state index in [2.05, 4.69) is 52.0 Å². The standard InChI is InChI=1S/C23H30N2/c1-13-9-19(10-14(2)21(13)24)23(17-5-6-18(23)8-7-17)20-11-15(3)22(25)16(4)12-20/h9-12,17-18H,5-8,24-25H2,1-4H3. The predicted molar refractivity (Wildman–Crippen MR) is 107 cm³/mol. The Bertz CT molecular complexity index is 724. The van der Waals surface area contributed by atoms with Gasteiger partial charge < -0.3 is 11.5 Å². The van der Waals surface area contributed by atoms with Crippen LogP contribution in [0.5, 0.6) is 0 Å². The van der Waals surface area contributed by atoms with E-state index in [1.165, 1.54) is 59.1 Å². The zero-order valence-electron chi connectivity index (χ0n) is 15.9. The Balaban J connectivity index is 2.00. The van der Waals surface area contributed by atoms with E-state index >= 15 is 0 Å². The summed E-state index contributed by atoms with van der Waals surface area (Å²) in [5.41, 5.74) is 22.4. The fourth-order valence-corrected chi connectivity index (χ4v) is 5.87. The molecule has 0 unspecified atom stereocenters. The molecule has 0 radical (unpaired) electrons. The summed E-state index contributed by atoms with van der Waals surface area (Å²) in [6, 6.07) is 9.44. The van der Waals surface area contributed by atoms with Crippen molar-refractivity contribution in [3.63, 3.8) is 0 Å². The van der Waals surface area contributed by atoms with Crippen molar-refractivity contribution in [2.45, 2.75) is 58.8 Å². The zero-order chi connectivity index (χ0) is 17.9. The van der Waals surface area contributed by atoms with Crippen LogP contribution in [-0.4, -0.2) is 0 Å². The molecule has 0 aliphatic heterocycles. The lowest BCUT2D eigenvalue weighted by Crippen LogP contribution is -2.33. The lowest BCUT2D eigenvalue weighted by Gasteiger charge is -2.37. The molecule has 0 saturated heterocycles. The van der Waals surface area contributed by atoms with Crippen LogP contribution in [0.1, 0.15) is 59.1 Å². The van der Waals surface area contributed by atoms with E-state index in [0.29, 0.717) is 0 Å². The van der Waals surface area contributed by atoms with Crippen LogP contribution in [0.2, 0.25) is 0 Å². The van der Waals surface area contributed by atoms with Gasteiger partial charge in [-0.2, -0.15) is 0 Å². The van der Waals surface area contributed by atoms with E-state index in [1.807, 2.05) is 0 Å². The third kappa shape index (κ3) is 2.16. The molecule has 0 spiro atoms.